The average Bonchev–Trinajstić information content (AvgIpc) is 2.55. The number of benzene rings is 2. The first kappa shape index (κ1) is 16.7. The highest BCUT2D eigenvalue weighted by atomic mass is 19.1. The number of amides is 2. The molecule has 2 aromatic rings. The van der Waals surface area contributed by atoms with Crippen molar-refractivity contribution in [1.82, 2.24) is 5.32 Å². The quantitative estimate of drug-likeness (QED) is 0.853. The minimum Gasteiger partial charge on any atom is -0.344 e. The molecule has 4 nitrogen and oxygen atoms in total. The summed E-state index contributed by atoms with van der Waals surface area (Å²) in [4.78, 5) is 23.7. The van der Waals surface area contributed by atoms with Gasteiger partial charge in [0.1, 0.15) is 5.82 Å². The zero-order valence-corrected chi connectivity index (χ0v) is 13.2. The van der Waals surface area contributed by atoms with Gasteiger partial charge in [0.2, 0.25) is 0 Å². The molecular formula is C18H19FN2O2. The van der Waals surface area contributed by atoms with E-state index < -0.39 is 11.8 Å². The van der Waals surface area contributed by atoms with E-state index in [0.717, 1.165) is 12.0 Å². The maximum Gasteiger partial charge on any atom is 0.313 e. The summed E-state index contributed by atoms with van der Waals surface area (Å²) < 4.78 is 13.0. The largest absolute Gasteiger partial charge is 0.344 e. The fraction of sp³-hybridized carbons (Fsp3) is 0.222. The molecule has 5 heteroatoms. The van der Waals surface area contributed by atoms with E-state index in [9.17, 15) is 14.0 Å². The number of halogens is 1. The molecule has 0 radical (unpaired) electrons. The van der Waals surface area contributed by atoms with Crippen LogP contribution < -0.4 is 10.6 Å². The van der Waals surface area contributed by atoms with E-state index in [1.54, 1.807) is 6.92 Å². The molecule has 0 fully saturated rings. The standard InChI is InChI=1S/C18H19FN2O2/c1-3-13-4-6-14(7-5-13)11-20-17(22)18(23)21-16-9-8-15(19)10-12(16)2/h4-10H,3,11H2,1-2H3,(H,20,22)(H,21,23). The third-order valence-electron chi connectivity index (χ3n) is 3.53. The highest BCUT2D eigenvalue weighted by Gasteiger charge is 2.14. The number of rotatable bonds is 4. The van der Waals surface area contributed by atoms with Gasteiger partial charge >= 0.3 is 11.8 Å². The summed E-state index contributed by atoms with van der Waals surface area (Å²) >= 11 is 0. The Labute approximate surface area is 134 Å². The van der Waals surface area contributed by atoms with Gasteiger partial charge in [-0.1, -0.05) is 31.2 Å². The highest BCUT2D eigenvalue weighted by molar-refractivity contribution is 6.39. The fourth-order valence-corrected chi connectivity index (χ4v) is 2.10. The molecule has 0 aliphatic rings. The average molecular weight is 314 g/mol. The molecule has 0 saturated heterocycles. The molecular weight excluding hydrogens is 295 g/mol. The van der Waals surface area contributed by atoms with E-state index in [0.29, 0.717) is 11.3 Å². The lowest BCUT2D eigenvalue weighted by atomic mass is 10.1. The van der Waals surface area contributed by atoms with E-state index in [2.05, 4.69) is 17.6 Å². The lowest BCUT2D eigenvalue weighted by Gasteiger charge is -2.09. The van der Waals surface area contributed by atoms with E-state index in [-0.39, 0.29) is 12.4 Å². The maximum atomic E-state index is 13.0. The number of aryl methyl sites for hydroxylation is 2. The molecule has 0 unspecified atom stereocenters. The smallest absolute Gasteiger partial charge is 0.313 e. The van der Waals surface area contributed by atoms with E-state index in [4.69, 9.17) is 0 Å². The molecule has 0 saturated carbocycles. The van der Waals surface area contributed by atoms with Crippen molar-refractivity contribution in [2.45, 2.75) is 26.8 Å². The van der Waals surface area contributed by atoms with Gasteiger partial charge in [-0.2, -0.15) is 0 Å². The van der Waals surface area contributed by atoms with Crippen molar-refractivity contribution in [3.8, 4) is 0 Å². The van der Waals surface area contributed by atoms with Crippen molar-refractivity contribution in [3.05, 3.63) is 65.0 Å². The Morgan fingerprint density at radius 2 is 1.65 bits per heavy atom. The Balaban J connectivity index is 1.90. The van der Waals surface area contributed by atoms with Crippen LogP contribution in [0.3, 0.4) is 0 Å². The molecule has 0 heterocycles. The second-order valence-corrected chi connectivity index (χ2v) is 5.27. The van der Waals surface area contributed by atoms with Crippen molar-refractivity contribution in [3.63, 3.8) is 0 Å². The lowest BCUT2D eigenvalue weighted by molar-refractivity contribution is -0.136. The normalized spacial score (nSPS) is 10.2. The van der Waals surface area contributed by atoms with Crippen LogP contribution in [0.5, 0.6) is 0 Å². The van der Waals surface area contributed by atoms with E-state index >= 15 is 0 Å². The van der Waals surface area contributed by atoms with Gasteiger partial charge in [0.05, 0.1) is 0 Å². The molecule has 0 aromatic heterocycles. The molecule has 2 rings (SSSR count). The number of carbonyl (C=O) groups excluding carboxylic acids is 2. The van der Waals surface area contributed by atoms with E-state index in [1.165, 1.54) is 23.8 Å². The van der Waals surface area contributed by atoms with Crippen molar-refractivity contribution in [2.75, 3.05) is 5.32 Å². The highest BCUT2D eigenvalue weighted by Crippen LogP contribution is 2.15. The molecule has 2 amide bonds. The summed E-state index contributed by atoms with van der Waals surface area (Å²) in [6.45, 7) is 4.00. The van der Waals surface area contributed by atoms with Crippen LogP contribution in [0.1, 0.15) is 23.6 Å². The summed E-state index contributed by atoms with van der Waals surface area (Å²) in [5, 5.41) is 5.04. The number of nitrogens with one attached hydrogen (secondary N) is 2. The molecule has 0 aliphatic carbocycles. The van der Waals surface area contributed by atoms with Gasteiger partial charge < -0.3 is 10.6 Å². The minimum absolute atomic E-state index is 0.276. The molecule has 2 aromatic carbocycles. The third kappa shape index (κ3) is 4.64. The van der Waals surface area contributed by atoms with Gasteiger partial charge in [0, 0.05) is 12.2 Å². The molecule has 0 bridgehead atoms. The first-order valence-electron chi connectivity index (χ1n) is 7.42. The van der Waals surface area contributed by atoms with Crippen LogP contribution in [0.25, 0.3) is 0 Å². The SMILES string of the molecule is CCc1ccc(CNC(=O)C(=O)Nc2ccc(F)cc2C)cc1. The zero-order valence-electron chi connectivity index (χ0n) is 13.2. The summed E-state index contributed by atoms with van der Waals surface area (Å²) in [6.07, 6.45) is 0.950. The lowest BCUT2D eigenvalue weighted by Crippen LogP contribution is -2.35. The minimum atomic E-state index is -0.773. The molecule has 120 valence electrons. The Morgan fingerprint density at radius 1 is 1.00 bits per heavy atom. The van der Waals surface area contributed by atoms with E-state index in [1.807, 2.05) is 24.3 Å². The predicted octanol–water partition coefficient (Wildman–Crippen LogP) is 2.95. The third-order valence-corrected chi connectivity index (χ3v) is 3.53. The Morgan fingerprint density at radius 3 is 2.26 bits per heavy atom. The van der Waals surface area contributed by atoms with Crippen LogP contribution in [0, 0.1) is 12.7 Å². The number of carbonyl (C=O) groups is 2. The molecule has 0 atom stereocenters. The van der Waals surface area contributed by atoms with Gasteiger partial charge in [0.25, 0.3) is 0 Å². The fourth-order valence-electron chi connectivity index (χ4n) is 2.10. The molecule has 2 N–H and O–H groups in total. The van der Waals surface area contributed by atoms with Crippen LogP contribution in [0.2, 0.25) is 0 Å². The molecule has 0 spiro atoms. The first-order valence-corrected chi connectivity index (χ1v) is 7.42. The Bertz CT molecular complexity index is 711. The predicted molar refractivity (Wildman–Crippen MR) is 87.4 cm³/mol. The van der Waals surface area contributed by atoms with Crippen molar-refractivity contribution in [2.24, 2.45) is 0 Å². The van der Waals surface area contributed by atoms with Gasteiger partial charge in [-0.25, -0.2) is 4.39 Å². The summed E-state index contributed by atoms with van der Waals surface area (Å²) in [6, 6.07) is 11.8. The molecule has 0 aliphatic heterocycles. The summed E-state index contributed by atoms with van der Waals surface area (Å²) in [7, 11) is 0. The zero-order chi connectivity index (χ0) is 16.8. The van der Waals surface area contributed by atoms with Gasteiger partial charge in [0.15, 0.2) is 0 Å². The van der Waals surface area contributed by atoms with Crippen LogP contribution in [-0.4, -0.2) is 11.8 Å². The number of anilines is 1. The van der Waals surface area contributed by atoms with Crippen LogP contribution in [-0.2, 0) is 22.6 Å². The number of hydrogen-bond acceptors (Lipinski definition) is 2. The first-order chi connectivity index (χ1) is 11.0. The van der Waals surface area contributed by atoms with Crippen molar-refractivity contribution in [1.29, 1.82) is 0 Å². The van der Waals surface area contributed by atoms with Crippen LogP contribution >= 0.6 is 0 Å². The summed E-state index contributed by atoms with van der Waals surface area (Å²) in [5.41, 5.74) is 3.10. The Kier molecular flexibility index (Phi) is 5.46. The van der Waals surface area contributed by atoms with Crippen LogP contribution in [0.4, 0.5) is 10.1 Å². The second kappa shape index (κ2) is 7.54. The summed E-state index contributed by atoms with van der Waals surface area (Å²) in [5.74, 6) is -1.89. The van der Waals surface area contributed by atoms with Gasteiger partial charge in [-0.3, -0.25) is 9.59 Å². The van der Waals surface area contributed by atoms with Crippen LogP contribution in [0.15, 0.2) is 42.5 Å². The maximum absolute atomic E-state index is 13.0. The second-order valence-electron chi connectivity index (χ2n) is 5.27. The Hall–Kier alpha value is -2.69. The monoisotopic (exact) mass is 314 g/mol. The van der Waals surface area contributed by atoms with Gasteiger partial charge in [-0.15, -0.1) is 0 Å². The van der Waals surface area contributed by atoms with Gasteiger partial charge in [-0.05, 0) is 48.2 Å². The number of hydrogen-bond donors (Lipinski definition) is 2. The van der Waals surface area contributed by atoms with Crippen molar-refractivity contribution >= 4 is 17.5 Å². The van der Waals surface area contributed by atoms with Crippen molar-refractivity contribution < 1.29 is 14.0 Å². The topological polar surface area (TPSA) is 58.2 Å². The molecule has 23 heavy (non-hydrogen) atoms.